The van der Waals surface area contributed by atoms with Crippen LogP contribution < -0.4 is 5.32 Å². The Morgan fingerprint density at radius 1 is 0.667 bits per heavy atom. The summed E-state index contributed by atoms with van der Waals surface area (Å²) in [5, 5.41) is 28.2. The van der Waals surface area contributed by atoms with Crippen molar-refractivity contribution in [3.63, 3.8) is 0 Å². The maximum atomic E-state index is 12.7. The van der Waals surface area contributed by atoms with Gasteiger partial charge in [-0.05, 0) is 54.3 Å². The van der Waals surface area contributed by atoms with Gasteiger partial charge in [-0.25, -0.2) is 0 Å². The van der Waals surface area contributed by atoms with Crippen LogP contribution in [0.15, 0.2) is 129 Å². The van der Waals surface area contributed by atoms with Gasteiger partial charge in [-0.2, -0.15) is 16.8 Å². The molecule has 0 aliphatic carbocycles. The molecule has 0 saturated heterocycles. The van der Waals surface area contributed by atoms with Gasteiger partial charge < -0.3 is 10.4 Å². The Labute approximate surface area is 339 Å². The number of aliphatic imine (C=N–C) groups is 1. The highest BCUT2D eigenvalue weighted by Gasteiger charge is 2.25. The summed E-state index contributed by atoms with van der Waals surface area (Å²) in [7, 11) is -5.16. The molecule has 0 fully saturated rings. The number of benzene rings is 6. The van der Waals surface area contributed by atoms with E-state index in [0.717, 1.165) is 36.9 Å². The second-order valence-electron chi connectivity index (χ2n) is 11.3. The van der Waals surface area contributed by atoms with Crippen LogP contribution in [0.4, 0.5) is 22.7 Å². The molecule has 0 aliphatic rings. The summed E-state index contributed by atoms with van der Waals surface area (Å²) in [6.45, 7) is 16.6. The highest BCUT2D eigenvalue weighted by atomic mass is 32.2. The van der Waals surface area contributed by atoms with E-state index < -0.39 is 20.2 Å². The summed E-state index contributed by atoms with van der Waals surface area (Å²) in [4.78, 5) is 4.12. The number of phenolic OH excluding ortho intramolecular Hbond substituents is 1. The first-order valence-corrected chi connectivity index (χ1v) is 22.0. The number of phenols is 1. The van der Waals surface area contributed by atoms with Crippen molar-refractivity contribution in [1.29, 1.82) is 0 Å². The Balaban J connectivity index is 0.000000574. The molecule has 0 heterocycles. The van der Waals surface area contributed by atoms with Crippen LogP contribution in [0.3, 0.4) is 0 Å². The van der Waals surface area contributed by atoms with E-state index in [9.17, 15) is 21.9 Å². The third-order valence-electron chi connectivity index (χ3n) is 7.30. The molecule has 0 atom stereocenters. The predicted octanol–water partition coefficient (Wildman–Crippen LogP) is 12.5. The van der Waals surface area contributed by atoms with Gasteiger partial charge in [0.1, 0.15) is 10.6 Å². The van der Waals surface area contributed by atoms with Crippen LogP contribution in [0.25, 0.3) is 32.3 Å². The lowest BCUT2D eigenvalue weighted by Crippen LogP contribution is -2.04. The average molecular weight is 819 g/mol. The maximum Gasteiger partial charge on any atom is 0.299 e. The Bertz CT molecular complexity index is 2350. The molecule has 0 aliphatic heterocycles. The predicted molar refractivity (Wildman–Crippen MR) is 240 cm³/mol. The van der Waals surface area contributed by atoms with Crippen molar-refractivity contribution in [3.8, 4) is 5.75 Å². The zero-order valence-electron chi connectivity index (χ0n) is 34.9. The first-order chi connectivity index (χ1) is 27.3. The van der Waals surface area contributed by atoms with Crippen molar-refractivity contribution in [1.82, 2.24) is 0 Å². The first-order valence-electron chi connectivity index (χ1n) is 18.8. The molecular weight excluding hydrogens is 761 g/mol. The third kappa shape index (κ3) is 15.0. The van der Waals surface area contributed by atoms with Gasteiger partial charge in [-0.1, -0.05) is 133 Å². The number of fused-ring (bicyclic) bond motifs is 3. The molecule has 0 radical (unpaired) electrons. The number of azo groups is 1. The van der Waals surface area contributed by atoms with E-state index in [1.54, 1.807) is 30.5 Å². The zero-order chi connectivity index (χ0) is 43.0. The number of anilines is 1. The molecule has 0 saturated carbocycles. The summed E-state index contributed by atoms with van der Waals surface area (Å²) in [5.41, 5.74) is 1.75. The fraction of sp³-hybridized carbons (Fsp3) is 0.295. The summed E-state index contributed by atoms with van der Waals surface area (Å²) in [6, 6.07) is 34.6. The fourth-order valence-electron chi connectivity index (χ4n) is 4.96. The van der Waals surface area contributed by atoms with Crippen LogP contribution in [0.2, 0.25) is 0 Å². The Morgan fingerprint density at radius 3 is 1.58 bits per heavy atom. The highest BCUT2D eigenvalue weighted by molar-refractivity contribution is 7.87. The lowest BCUT2D eigenvalue weighted by atomic mass is 10.1. The monoisotopic (exact) mass is 818 g/mol. The molecule has 6 aromatic carbocycles. The number of hydrogen-bond acceptors (Lipinski definition) is 11. The van der Waals surface area contributed by atoms with Gasteiger partial charge in [0, 0.05) is 34.6 Å². The average Bonchev–Trinajstić information content (AvgIpc) is 3.23. The second-order valence-corrected chi connectivity index (χ2v) is 14.7. The smallest absolute Gasteiger partial charge is 0.299 e. The maximum absolute atomic E-state index is 12.7. The minimum atomic E-state index is -4.18. The molecular formula is C44H58N4O7S2. The summed E-state index contributed by atoms with van der Waals surface area (Å²) in [6.07, 6.45) is 3.95. The number of nitrogens with one attached hydrogen (secondary N) is 1. The zero-order valence-corrected chi connectivity index (χ0v) is 36.6. The quantitative estimate of drug-likeness (QED) is 0.0873. The number of rotatable bonds is 8. The van der Waals surface area contributed by atoms with Gasteiger partial charge >= 0.3 is 0 Å². The molecule has 0 spiro atoms. The molecule has 0 aromatic heterocycles. The van der Waals surface area contributed by atoms with Gasteiger partial charge in [-0.3, -0.25) is 13.4 Å². The summed E-state index contributed by atoms with van der Waals surface area (Å²) < 4.78 is 53.6. The standard InChI is InChI=1S/C25H24N4O4S.C10H8.C3H8.C2H6O3S.2C2H6/c1-4-26-19-13-14-20(18-11-7-6-10-17(18)19)28-29-24-22(34(31,32)33-3)15-16-9-8-12-21(27-5-2)23(16)25(24)30;1-2-6-10-8-4-3-7-9(10)5-1;1-3-2;1-5-6(2,3)4;2*1-2/h4,6-15,27,30H,5H2,1-3H3;1-8H;3H2,1-2H3;1-2H3;2*1-2H3. The first kappa shape index (κ1) is 49.8. The Kier molecular flexibility index (Phi) is 22.6. The van der Waals surface area contributed by atoms with Crippen LogP contribution >= 0.6 is 0 Å². The van der Waals surface area contributed by atoms with E-state index in [2.05, 4.69) is 87.1 Å². The van der Waals surface area contributed by atoms with Crippen molar-refractivity contribution in [2.75, 3.05) is 32.3 Å². The number of nitrogens with zero attached hydrogens (tertiary/aromatic N) is 3. The normalized spacial score (nSPS) is 10.9. The number of aromatic hydroxyl groups is 1. The molecule has 0 amide bonds. The topological polar surface area (TPSA) is 156 Å². The van der Waals surface area contributed by atoms with E-state index >= 15 is 0 Å². The molecule has 13 heteroatoms. The third-order valence-corrected chi connectivity index (χ3v) is 9.19. The molecule has 308 valence electrons. The van der Waals surface area contributed by atoms with Crippen LogP contribution in [-0.2, 0) is 28.6 Å². The summed E-state index contributed by atoms with van der Waals surface area (Å²) in [5.74, 6) is -0.301. The SMILES string of the molecule is CC.CC.CC=Nc1ccc(N=Nc2c(S(=O)(=O)OC)cc3cccc(NCC)c3c2O)c2ccccc12.CCC.COS(C)(=O)=O.c1ccc2ccccc2c1. The molecule has 6 aromatic rings. The van der Waals surface area contributed by atoms with Crippen molar-refractivity contribution < 1.29 is 30.3 Å². The lowest BCUT2D eigenvalue weighted by Gasteiger charge is -2.14. The van der Waals surface area contributed by atoms with Crippen molar-refractivity contribution in [2.45, 2.75) is 66.7 Å². The molecule has 2 N–H and O–H groups in total. The minimum Gasteiger partial charge on any atom is -0.505 e. The lowest BCUT2D eigenvalue weighted by molar-refractivity contribution is 0.397. The minimum absolute atomic E-state index is 0.195. The largest absolute Gasteiger partial charge is 0.505 e. The van der Waals surface area contributed by atoms with Gasteiger partial charge in [0.25, 0.3) is 20.2 Å². The van der Waals surface area contributed by atoms with Gasteiger partial charge in [0.2, 0.25) is 0 Å². The van der Waals surface area contributed by atoms with Gasteiger partial charge in [0.05, 0.1) is 31.9 Å². The molecule has 0 bridgehead atoms. The Hall–Kier alpha value is -5.21. The van der Waals surface area contributed by atoms with Gasteiger partial charge in [0.15, 0.2) is 5.75 Å². The molecule has 57 heavy (non-hydrogen) atoms. The molecule has 6 rings (SSSR count). The van der Waals surface area contributed by atoms with E-state index in [1.165, 1.54) is 23.3 Å². The van der Waals surface area contributed by atoms with E-state index in [0.29, 0.717) is 28.7 Å². The highest BCUT2D eigenvalue weighted by Crippen LogP contribution is 2.45. The van der Waals surface area contributed by atoms with Crippen LogP contribution in [0.5, 0.6) is 5.75 Å². The fourth-order valence-corrected chi connectivity index (χ4v) is 5.78. The Morgan fingerprint density at radius 2 is 1.12 bits per heavy atom. The van der Waals surface area contributed by atoms with Crippen molar-refractivity contribution >= 4 is 81.5 Å². The van der Waals surface area contributed by atoms with E-state index in [1.807, 2.05) is 71.9 Å². The summed E-state index contributed by atoms with van der Waals surface area (Å²) >= 11 is 0. The second kappa shape index (κ2) is 25.9. The van der Waals surface area contributed by atoms with Crippen molar-refractivity contribution in [3.05, 3.63) is 109 Å². The van der Waals surface area contributed by atoms with Crippen LogP contribution in [0.1, 0.15) is 61.8 Å². The van der Waals surface area contributed by atoms with Gasteiger partial charge in [-0.15, -0.1) is 10.2 Å². The van der Waals surface area contributed by atoms with E-state index in [-0.39, 0.29) is 16.3 Å². The number of hydrogen-bond donors (Lipinski definition) is 2. The van der Waals surface area contributed by atoms with Crippen LogP contribution in [-0.4, -0.2) is 55.2 Å². The van der Waals surface area contributed by atoms with E-state index in [4.69, 9.17) is 4.18 Å². The molecule has 11 nitrogen and oxygen atoms in total. The van der Waals surface area contributed by atoms with Crippen LogP contribution in [0, 0.1) is 0 Å². The molecule has 0 unspecified atom stereocenters. The van der Waals surface area contributed by atoms with Crippen molar-refractivity contribution in [2.24, 2.45) is 15.2 Å².